The van der Waals surface area contributed by atoms with Crippen molar-refractivity contribution in [1.29, 1.82) is 0 Å². The zero-order valence-corrected chi connectivity index (χ0v) is 7.90. The number of rotatable bonds is 4. The molecular formula is C8H14O5. The first-order valence-electron chi connectivity index (χ1n) is 3.81. The Morgan fingerprint density at radius 2 is 1.92 bits per heavy atom. The molecule has 5 nitrogen and oxygen atoms in total. The second-order valence-electron chi connectivity index (χ2n) is 3.32. The summed E-state index contributed by atoms with van der Waals surface area (Å²) in [5.74, 6) is -2.99. The fourth-order valence-electron chi connectivity index (χ4n) is 0.889. The highest BCUT2D eigenvalue weighted by atomic mass is 16.5. The molecule has 1 atom stereocenters. The van der Waals surface area contributed by atoms with Gasteiger partial charge in [0.1, 0.15) is 0 Å². The third kappa shape index (κ3) is 3.89. The molecule has 0 saturated heterocycles. The van der Waals surface area contributed by atoms with Crippen LogP contribution >= 0.6 is 0 Å². The van der Waals surface area contributed by atoms with E-state index >= 15 is 0 Å². The van der Waals surface area contributed by atoms with E-state index in [1.165, 1.54) is 21.0 Å². The fourth-order valence-corrected chi connectivity index (χ4v) is 0.889. The highest BCUT2D eigenvalue weighted by molar-refractivity contribution is 5.79. The zero-order valence-electron chi connectivity index (χ0n) is 7.90. The van der Waals surface area contributed by atoms with E-state index in [0.717, 1.165) is 0 Å². The Kier molecular flexibility index (Phi) is 3.87. The summed E-state index contributed by atoms with van der Waals surface area (Å²) in [6, 6.07) is 0. The maximum Gasteiger partial charge on any atom is 0.310 e. The second kappa shape index (κ2) is 4.23. The summed E-state index contributed by atoms with van der Waals surface area (Å²) >= 11 is 0. The van der Waals surface area contributed by atoms with Crippen LogP contribution in [0.25, 0.3) is 0 Å². The lowest BCUT2D eigenvalue weighted by molar-refractivity contribution is -0.157. The molecule has 0 aromatic carbocycles. The average Bonchev–Trinajstić information content (AvgIpc) is 1.96. The fraction of sp³-hybridized carbons (Fsp3) is 0.750. The molecule has 0 rings (SSSR count). The first-order valence-corrected chi connectivity index (χ1v) is 3.81. The second-order valence-corrected chi connectivity index (χ2v) is 3.32. The normalized spacial score (nSPS) is 13.5. The Hall–Kier alpha value is -1.10. The number of aliphatic hydroxyl groups is 1. The van der Waals surface area contributed by atoms with Crippen LogP contribution in [0.1, 0.15) is 20.3 Å². The van der Waals surface area contributed by atoms with E-state index in [1.807, 2.05) is 0 Å². The van der Waals surface area contributed by atoms with Crippen LogP contribution in [0.5, 0.6) is 0 Å². The molecule has 5 heteroatoms. The lowest BCUT2D eigenvalue weighted by Crippen LogP contribution is -2.38. The molecule has 0 aromatic rings. The predicted molar refractivity (Wildman–Crippen MR) is 44.1 cm³/mol. The highest BCUT2D eigenvalue weighted by Crippen LogP contribution is 2.20. The van der Waals surface area contributed by atoms with Crippen LogP contribution in [0.15, 0.2) is 0 Å². The topological polar surface area (TPSA) is 83.8 Å². The summed E-state index contributed by atoms with van der Waals surface area (Å²) in [6.07, 6.45) is -0.324. The molecule has 0 aliphatic heterocycles. The molecule has 0 radical (unpaired) electrons. The third-order valence-electron chi connectivity index (χ3n) is 1.75. The first kappa shape index (κ1) is 11.9. The SMILES string of the molecule is COC(=O)C[C@H](C(=O)O)C(C)(C)O. The minimum Gasteiger partial charge on any atom is -0.481 e. The number of carboxylic acids is 1. The Bertz CT molecular complexity index is 203. The van der Waals surface area contributed by atoms with Crippen LogP contribution in [0.4, 0.5) is 0 Å². The smallest absolute Gasteiger partial charge is 0.310 e. The standard InChI is InChI=1S/C8H14O5/c1-8(2,12)5(7(10)11)4-6(9)13-3/h5,12H,4H2,1-3H3,(H,10,11)/t5-/m1/s1. The highest BCUT2D eigenvalue weighted by Gasteiger charge is 2.35. The van der Waals surface area contributed by atoms with Gasteiger partial charge in [-0.25, -0.2) is 0 Å². The maximum atomic E-state index is 10.8. The number of hydrogen-bond acceptors (Lipinski definition) is 4. The molecule has 76 valence electrons. The minimum atomic E-state index is -1.43. The molecule has 0 spiro atoms. The number of esters is 1. The average molecular weight is 190 g/mol. The van der Waals surface area contributed by atoms with Gasteiger partial charge in [-0.05, 0) is 13.8 Å². The van der Waals surface area contributed by atoms with Gasteiger partial charge in [0.05, 0.1) is 25.0 Å². The molecule has 13 heavy (non-hydrogen) atoms. The van der Waals surface area contributed by atoms with Crippen LogP contribution < -0.4 is 0 Å². The first-order chi connectivity index (χ1) is 5.79. The van der Waals surface area contributed by atoms with Crippen LogP contribution in [0, 0.1) is 5.92 Å². The lowest BCUT2D eigenvalue weighted by atomic mass is 9.88. The maximum absolute atomic E-state index is 10.8. The van der Waals surface area contributed by atoms with Crippen LogP contribution in [0.2, 0.25) is 0 Å². The molecule has 2 N–H and O–H groups in total. The van der Waals surface area contributed by atoms with Crippen molar-refractivity contribution in [3.05, 3.63) is 0 Å². The molecule has 0 amide bonds. The summed E-state index contributed by atoms with van der Waals surface area (Å²) in [5, 5.41) is 18.1. The van der Waals surface area contributed by atoms with Gasteiger partial charge in [-0.1, -0.05) is 0 Å². The van der Waals surface area contributed by atoms with Crippen LogP contribution in [-0.2, 0) is 14.3 Å². The van der Waals surface area contributed by atoms with Crippen molar-refractivity contribution >= 4 is 11.9 Å². The van der Waals surface area contributed by atoms with Crippen molar-refractivity contribution in [1.82, 2.24) is 0 Å². The van der Waals surface area contributed by atoms with Gasteiger partial charge in [0.25, 0.3) is 0 Å². The molecule has 0 saturated carbocycles. The van der Waals surface area contributed by atoms with Crippen molar-refractivity contribution < 1.29 is 24.5 Å². The summed E-state index contributed by atoms with van der Waals surface area (Å²) in [6.45, 7) is 2.68. The monoisotopic (exact) mass is 190 g/mol. The molecule has 0 bridgehead atoms. The molecule has 0 fully saturated rings. The van der Waals surface area contributed by atoms with Gasteiger partial charge < -0.3 is 14.9 Å². The van der Waals surface area contributed by atoms with Gasteiger partial charge >= 0.3 is 11.9 Å². The van der Waals surface area contributed by atoms with E-state index in [0.29, 0.717) is 0 Å². The van der Waals surface area contributed by atoms with Crippen LogP contribution in [0.3, 0.4) is 0 Å². The van der Waals surface area contributed by atoms with E-state index in [9.17, 15) is 14.7 Å². The van der Waals surface area contributed by atoms with Gasteiger partial charge in [0, 0.05) is 0 Å². The van der Waals surface area contributed by atoms with Crippen LogP contribution in [-0.4, -0.2) is 34.9 Å². The Morgan fingerprint density at radius 3 is 2.15 bits per heavy atom. The zero-order chi connectivity index (χ0) is 10.6. The summed E-state index contributed by atoms with van der Waals surface area (Å²) in [4.78, 5) is 21.4. The van der Waals surface area contributed by atoms with Gasteiger partial charge in [-0.2, -0.15) is 0 Å². The number of carbonyl (C=O) groups is 2. The quantitative estimate of drug-likeness (QED) is 0.610. The molecule has 0 aromatic heterocycles. The molecule has 0 aliphatic rings. The number of methoxy groups -OCH3 is 1. The van der Waals surface area contributed by atoms with Crippen molar-refractivity contribution in [2.24, 2.45) is 5.92 Å². The number of ether oxygens (including phenoxy) is 1. The minimum absolute atomic E-state index is 0.324. The van der Waals surface area contributed by atoms with E-state index in [2.05, 4.69) is 4.74 Å². The van der Waals surface area contributed by atoms with Gasteiger partial charge in [0.15, 0.2) is 0 Å². The summed E-state index contributed by atoms with van der Waals surface area (Å²) in [5.41, 5.74) is -1.43. The van der Waals surface area contributed by atoms with Gasteiger partial charge in [-0.15, -0.1) is 0 Å². The predicted octanol–water partition coefficient (Wildman–Crippen LogP) is 0.0212. The molecule has 0 unspecified atom stereocenters. The van der Waals surface area contributed by atoms with Crippen molar-refractivity contribution in [2.45, 2.75) is 25.9 Å². The lowest BCUT2D eigenvalue weighted by Gasteiger charge is -2.24. The number of hydrogen-bond donors (Lipinski definition) is 2. The Labute approximate surface area is 76.3 Å². The largest absolute Gasteiger partial charge is 0.481 e. The number of aliphatic carboxylic acids is 1. The van der Waals surface area contributed by atoms with E-state index < -0.39 is 23.5 Å². The van der Waals surface area contributed by atoms with E-state index in [-0.39, 0.29) is 6.42 Å². The van der Waals surface area contributed by atoms with Gasteiger partial charge in [-0.3, -0.25) is 9.59 Å². The number of carboxylic acid groups (broad SMARTS) is 1. The Balaban J connectivity index is 4.46. The number of carbonyl (C=O) groups excluding carboxylic acids is 1. The Morgan fingerprint density at radius 1 is 1.46 bits per heavy atom. The summed E-state index contributed by atoms with van der Waals surface area (Å²) < 4.78 is 4.31. The van der Waals surface area contributed by atoms with Crippen molar-refractivity contribution in [3.63, 3.8) is 0 Å². The molecule has 0 heterocycles. The summed E-state index contributed by atoms with van der Waals surface area (Å²) in [7, 11) is 1.17. The van der Waals surface area contributed by atoms with Crippen molar-refractivity contribution in [2.75, 3.05) is 7.11 Å². The third-order valence-corrected chi connectivity index (χ3v) is 1.75. The van der Waals surface area contributed by atoms with E-state index in [1.54, 1.807) is 0 Å². The van der Waals surface area contributed by atoms with Crippen molar-refractivity contribution in [3.8, 4) is 0 Å². The van der Waals surface area contributed by atoms with Gasteiger partial charge in [0.2, 0.25) is 0 Å². The van der Waals surface area contributed by atoms with E-state index in [4.69, 9.17) is 5.11 Å². The molecular weight excluding hydrogens is 176 g/mol. The molecule has 0 aliphatic carbocycles.